The molecule has 0 aliphatic heterocycles. The van der Waals surface area contributed by atoms with E-state index >= 15 is 0 Å². The van der Waals surface area contributed by atoms with Gasteiger partial charge in [-0.25, -0.2) is 0 Å². The monoisotopic (exact) mass is 298 g/mol. The SMILES string of the molecule is Cc1nc2c(C)cccc2c(N)c1I. The highest BCUT2D eigenvalue weighted by Gasteiger charge is 2.08. The van der Waals surface area contributed by atoms with Gasteiger partial charge in [-0.1, -0.05) is 18.2 Å². The third-order valence-corrected chi connectivity index (χ3v) is 3.72. The minimum Gasteiger partial charge on any atom is -0.397 e. The quantitative estimate of drug-likeness (QED) is 0.759. The van der Waals surface area contributed by atoms with Crippen molar-refractivity contribution in [2.75, 3.05) is 5.73 Å². The average Bonchev–Trinajstić information content (AvgIpc) is 2.17. The predicted molar refractivity (Wildman–Crippen MR) is 68.3 cm³/mol. The number of nitrogens with zero attached hydrogens (tertiary/aromatic N) is 1. The van der Waals surface area contributed by atoms with Crippen LogP contribution >= 0.6 is 22.6 Å². The van der Waals surface area contributed by atoms with Gasteiger partial charge in [-0.3, -0.25) is 4.98 Å². The molecule has 2 aromatic rings. The van der Waals surface area contributed by atoms with Crippen molar-refractivity contribution >= 4 is 39.2 Å². The lowest BCUT2D eigenvalue weighted by Crippen LogP contribution is -1.98. The zero-order valence-electron chi connectivity index (χ0n) is 8.13. The second kappa shape index (κ2) is 3.38. The highest BCUT2D eigenvalue weighted by Crippen LogP contribution is 2.28. The Hall–Kier alpha value is -0.840. The molecule has 0 saturated carbocycles. The minimum atomic E-state index is 0.844. The highest BCUT2D eigenvalue weighted by atomic mass is 127. The van der Waals surface area contributed by atoms with Crippen LogP contribution < -0.4 is 5.73 Å². The highest BCUT2D eigenvalue weighted by molar-refractivity contribution is 14.1. The maximum absolute atomic E-state index is 6.04. The molecule has 2 N–H and O–H groups in total. The zero-order valence-corrected chi connectivity index (χ0v) is 10.3. The van der Waals surface area contributed by atoms with Gasteiger partial charge in [0.05, 0.1) is 20.5 Å². The first-order chi connectivity index (χ1) is 6.61. The van der Waals surface area contributed by atoms with Crippen LogP contribution in [0.2, 0.25) is 0 Å². The number of rotatable bonds is 0. The van der Waals surface area contributed by atoms with Crippen molar-refractivity contribution in [2.24, 2.45) is 0 Å². The molecule has 0 amide bonds. The van der Waals surface area contributed by atoms with Crippen molar-refractivity contribution in [2.45, 2.75) is 13.8 Å². The van der Waals surface area contributed by atoms with E-state index in [1.54, 1.807) is 0 Å². The Morgan fingerprint density at radius 3 is 2.71 bits per heavy atom. The van der Waals surface area contributed by atoms with Gasteiger partial charge in [0.25, 0.3) is 0 Å². The fourth-order valence-corrected chi connectivity index (χ4v) is 1.97. The standard InChI is InChI=1S/C11H11IN2/c1-6-4-3-5-8-10(13)9(12)7(2)14-11(6)8/h3-5H,1-2H3,(H2,13,14). The first-order valence-corrected chi connectivity index (χ1v) is 5.50. The summed E-state index contributed by atoms with van der Waals surface area (Å²) in [6.07, 6.45) is 0. The van der Waals surface area contributed by atoms with Gasteiger partial charge in [0, 0.05) is 5.39 Å². The van der Waals surface area contributed by atoms with Gasteiger partial charge in [-0.2, -0.15) is 0 Å². The summed E-state index contributed by atoms with van der Waals surface area (Å²) in [5, 5.41) is 1.06. The topological polar surface area (TPSA) is 38.9 Å². The van der Waals surface area contributed by atoms with E-state index in [1.165, 1.54) is 5.56 Å². The number of nitrogens with two attached hydrogens (primary N) is 1. The fourth-order valence-electron chi connectivity index (χ4n) is 1.55. The summed E-state index contributed by atoms with van der Waals surface area (Å²) in [6.45, 7) is 4.05. The maximum Gasteiger partial charge on any atom is 0.0755 e. The van der Waals surface area contributed by atoms with Crippen LogP contribution in [-0.2, 0) is 0 Å². The number of halogens is 1. The van der Waals surface area contributed by atoms with Crippen LogP contribution in [0.3, 0.4) is 0 Å². The van der Waals surface area contributed by atoms with Crippen LogP contribution in [0.25, 0.3) is 10.9 Å². The molecule has 0 saturated heterocycles. The molecule has 0 unspecified atom stereocenters. The second-order valence-corrected chi connectivity index (χ2v) is 4.47. The molecule has 3 heteroatoms. The van der Waals surface area contributed by atoms with E-state index in [2.05, 4.69) is 40.6 Å². The summed E-state index contributed by atoms with van der Waals surface area (Å²) in [5.41, 5.74) is 10.1. The third kappa shape index (κ3) is 1.35. The number of fused-ring (bicyclic) bond motifs is 1. The minimum absolute atomic E-state index is 0.844. The van der Waals surface area contributed by atoms with Crippen LogP contribution in [0.1, 0.15) is 11.3 Å². The predicted octanol–water partition coefficient (Wildman–Crippen LogP) is 3.04. The lowest BCUT2D eigenvalue weighted by Gasteiger charge is -2.08. The number of aryl methyl sites for hydroxylation is 2. The molecule has 72 valence electrons. The second-order valence-electron chi connectivity index (χ2n) is 3.40. The van der Waals surface area contributed by atoms with E-state index < -0.39 is 0 Å². The van der Waals surface area contributed by atoms with Crippen molar-refractivity contribution in [1.29, 1.82) is 0 Å². The number of benzene rings is 1. The first-order valence-electron chi connectivity index (χ1n) is 4.42. The van der Waals surface area contributed by atoms with Gasteiger partial charge in [0.1, 0.15) is 0 Å². The van der Waals surface area contributed by atoms with E-state index in [9.17, 15) is 0 Å². The normalized spacial score (nSPS) is 10.8. The number of hydrogen-bond acceptors (Lipinski definition) is 2. The summed E-state index contributed by atoms with van der Waals surface area (Å²) in [6, 6.07) is 6.09. The molecule has 1 heterocycles. The Morgan fingerprint density at radius 1 is 1.29 bits per heavy atom. The molecule has 0 aliphatic carbocycles. The van der Waals surface area contributed by atoms with E-state index in [-0.39, 0.29) is 0 Å². The largest absolute Gasteiger partial charge is 0.397 e. The van der Waals surface area contributed by atoms with Crippen molar-refractivity contribution in [3.05, 3.63) is 33.0 Å². The number of aromatic nitrogens is 1. The molecule has 0 fully saturated rings. The van der Waals surface area contributed by atoms with Crippen molar-refractivity contribution in [1.82, 2.24) is 4.98 Å². The van der Waals surface area contributed by atoms with Gasteiger partial charge in [0.2, 0.25) is 0 Å². The molecule has 2 nitrogen and oxygen atoms in total. The third-order valence-electron chi connectivity index (χ3n) is 2.36. The molecule has 0 radical (unpaired) electrons. The molecule has 1 aromatic heterocycles. The van der Waals surface area contributed by atoms with Gasteiger partial charge in [-0.15, -0.1) is 0 Å². The van der Waals surface area contributed by atoms with E-state index in [1.807, 2.05) is 19.1 Å². The van der Waals surface area contributed by atoms with Crippen LogP contribution in [0.15, 0.2) is 18.2 Å². The zero-order chi connectivity index (χ0) is 10.3. The molecular weight excluding hydrogens is 287 g/mol. The molecule has 14 heavy (non-hydrogen) atoms. The number of nitrogen functional groups attached to an aromatic ring is 1. The van der Waals surface area contributed by atoms with E-state index in [4.69, 9.17) is 5.73 Å². The van der Waals surface area contributed by atoms with Gasteiger partial charge in [-0.05, 0) is 42.0 Å². The summed E-state index contributed by atoms with van der Waals surface area (Å²) in [4.78, 5) is 4.55. The molecule has 0 atom stereocenters. The first kappa shape index (κ1) is 9.71. The number of para-hydroxylation sites is 1. The van der Waals surface area contributed by atoms with Gasteiger partial charge >= 0.3 is 0 Å². The number of anilines is 1. The van der Waals surface area contributed by atoms with Crippen LogP contribution in [-0.4, -0.2) is 4.98 Å². The van der Waals surface area contributed by atoms with Gasteiger partial charge in [0.15, 0.2) is 0 Å². The Morgan fingerprint density at radius 2 is 2.00 bits per heavy atom. The Balaban J connectivity index is 2.98. The van der Waals surface area contributed by atoms with Crippen LogP contribution in [0.5, 0.6) is 0 Å². The summed E-state index contributed by atoms with van der Waals surface area (Å²) in [5.74, 6) is 0. The smallest absolute Gasteiger partial charge is 0.0755 e. The lowest BCUT2D eigenvalue weighted by molar-refractivity contribution is 1.22. The Kier molecular flexibility index (Phi) is 2.34. The van der Waals surface area contributed by atoms with Gasteiger partial charge < -0.3 is 5.73 Å². The summed E-state index contributed by atoms with van der Waals surface area (Å²) in [7, 11) is 0. The molecule has 1 aromatic carbocycles. The summed E-state index contributed by atoms with van der Waals surface area (Å²) < 4.78 is 1.06. The van der Waals surface area contributed by atoms with E-state index in [0.29, 0.717) is 0 Å². The maximum atomic E-state index is 6.04. The Bertz CT molecular complexity index is 506. The average molecular weight is 298 g/mol. The molecule has 0 bridgehead atoms. The van der Waals surface area contributed by atoms with Crippen molar-refractivity contribution < 1.29 is 0 Å². The molecule has 0 aliphatic rings. The molecule has 0 spiro atoms. The fraction of sp³-hybridized carbons (Fsp3) is 0.182. The van der Waals surface area contributed by atoms with Crippen LogP contribution in [0, 0.1) is 17.4 Å². The molecule has 2 rings (SSSR count). The number of pyridine rings is 1. The molecular formula is C11H11IN2. The van der Waals surface area contributed by atoms with E-state index in [0.717, 1.165) is 25.9 Å². The summed E-state index contributed by atoms with van der Waals surface area (Å²) >= 11 is 2.24. The number of hydrogen-bond donors (Lipinski definition) is 1. The van der Waals surface area contributed by atoms with Crippen LogP contribution in [0.4, 0.5) is 5.69 Å². The Labute approximate surface area is 96.7 Å². The van der Waals surface area contributed by atoms with Crippen molar-refractivity contribution in [3.63, 3.8) is 0 Å². The lowest BCUT2D eigenvalue weighted by atomic mass is 10.1. The van der Waals surface area contributed by atoms with Crippen molar-refractivity contribution in [3.8, 4) is 0 Å².